The van der Waals surface area contributed by atoms with Gasteiger partial charge in [-0.05, 0) is 37.1 Å². The molecule has 1 aromatic rings. The number of rotatable bonds is 4. The van der Waals surface area contributed by atoms with Crippen LogP contribution in [0.1, 0.15) is 25.3 Å². The molecule has 0 bridgehead atoms. The SMILES string of the molecule is CCN1CCC(N(C)c2c(F)cc(CO)cc2F)CC1. The van der Waals surface area contributed by atoms with E-state index in [9.17, 15) is 8.78 Å². The van der Waals surface area contributed by atoms with Crippen molar-refractivity contribution >= 4 is 5.69 Å². The number of benzene rings is 1. The van der Waals surface area contributed by atoms with Crippen LogP contribution in [0.5, 0.6) is 0 Å². The molecule has 2 rings (SSSR count). The molecule has 0 aliphatic carbocycles. The maximum absolute atomic E-state index is 14.0. The van der Waals surface area contributed by atoms with Gasteiger partial charge in [-0.3, -0.25) is 0 Å². The van der Waals surface area contributed by atoms with Crippen molar-refractivity contribution in [2.24, 2.45) is 0 Å². The minimum Gasteiger partial charge on any atom is -0.392 e. The van der Waals surface area contributed by atoms with Gasteiger partial charge in [0.25, 0.3) is 0 Å². The minimum atomic E-state index is -0.602. The Bertz CT molecular complexity index is 436. The highest BCUT2D eigenvalue weighted by Crippen LogP contribution is 2.28. The molecule has 3 nitrogen and oxygen atoms in total. The van der Waals surface area contributed by atoms with E-state index >= 15 is 0 Å². The Balaban J connectivity index is 2.15. The molecule has 20 heavy (non-hydrogen) atoms. The van der Waals surface area contributed by atoms with Crippen LogP contribution in [0.3, 0.4) is 0 Å². The predicted octanol–water partition coefficient (Wildman–Crippen LogP) is 2.38. The molecule has 0 aromatic heterocycles. The molecule has 0 spiro atoms. The Morgan fingerprint density at radius 1 is 1.25 bits per heavy atom. The Labute approximate surface area is 118 Å². The van der Waals surface area contributed by atoms with Gasteiger partial charge in [-0.2, -0.15) is 0 Å². The van der Waals surface area contributed by atoms with Crippen molar-refractivity contribution in [2.75, 3.05) is 31.6 Å². The van der Waals surface area contributed by atoms with Crippen molar-refractivity contribution in [1.29, 1.82) is 0 Å². The van der Waals surface area contributed by atoms with Crippen molar-refractivity contribution in [1.82, 2.24) is 4.90 Å². The third-order valence-electron chi connectivity index (χ3n) is 4.16. The normalized spacial score (nSPS) is 17.4. The topological polar surface area (TPSA) is 26.7 Å². The Morgan fingerprint density at radius 3 is 2.25 bits per heavy atom. The van der Waals surface area contributed by atoms with E-state index in [-0.39, 0.29) is 23.9 Å². The van der Waals surface area contributed by atoms with Gasteiger partial charge in [0, 0.05) is 26.2 Å². The van der Waals surface area contributed by atoms with Gasteiger partial charge in [-0.25, -0.2) is 8.78 Å². The van der Waals surface area contributed by atoms with Crippen molar-refractivity contribution in [2.45, 2.75) is 32.4 Å². The summed E-state index contributed by atoms with van der Waals surface area (Å²) in [6.45, 7) is 4.71. The highest BCUT2D eigenvalue weighted by atomic mass is 19.1. The van der Waals surface area contributed by atoms with Gasteiger partial charge in [0.15, 0.2) is 0 Å². The molecule has 1 aliphatic heterocycles. The average Bonchev–Trinajstić information content (AvgIpc) is 2.46. The summed E-state index contributed by atoms with van der Waals surface area (Å²) in [4.78, 5) is 4.05. The second-order valence-corrected chi connectivity index (χ2v) is 5.34. The second-order valence-electron chi connectivity index (χ2n) is 5.34. The predicted molar refractivity (Wildman–Crippen MR) is 75.8 cm³/mol. The molecule has 0 unspecified atom stereocenters. The Kier molecular flexibility index (Phi) is 4.94. The van der Waals surface area contributed by atoms with Crippen molar-refractivity contribution in [3.05, 3.63) is 29.3 Å². The lowest BCUT2D eigenvalue weighted by atomic mass is 10.0. The van der Waals surface area contributed by atoms with E-state index in [0.29, 0.717) is 0 Å². The number of nitrogens with zero attached hydrogens (tertiary/aromatic N) is 2. The van der Waals surface area contributed by atoms with Crippen LogP contribution in [0.15, 0.2) is 12.1 Å². The smallest absolute Gasteiger partial charge is 0.149 e. The van der Waals surface area contributed by atoms with Gasteiger partial charge in [-0.1, -0.05) is 6.92 Å². The van der Waals surface area contributed by atoms with Gasteiger partial charge >= 0.3 is 0 Å². The zero-order chi connectivity index (χ0) is 14.7. The first-order chi connectivity index (χ1) is 9.56. The fourth-order valence-electron chi connectivity index (χ4n) is 2.85. The number of hydrogen-bond donors (Lipinski definition) is 1. The molecule has 0 saturated carbocycles. The molecular weight excluding hydrogens is 262 g/mol. The zero-order valence-corrected chi connectivity index (χ0v) is 12.1. The van der Waals surface area contributed by atoms with Crippen LogP contribution in [0.2, 0.25) is 0 Å². The minimum absolute atomic E-state index is 0.0112. The van der Waals surface area contributed by atoms with E-state index in [4.69, 9.17) is 5.11 Å². The molecule has 0 atom stereocenters. The van der Waals surface area contributed by atoms with Crippen LogP contribution < -0.4 is 4.90 Å². The van der Waals surface area contributed by atoms with Crippen LogP contribution in [-0.4, -0.2) is 42.7 Å². The number of halogens is 2. The third kappa shape index (κ3) is 3.10. The lowest BCUT2D eigenvalue weighted by Gasteiger charge is -2.37. The summed E-state index contributed by atoms with van der Waals surface area (Å²) < 4.78 is 28.1. The fraction of sp³-hybridized carbons (Fsp3) is 0.600. The molecule has 112 valence electrons. The first-order valence-corrected chi connectivity index (χ1v) is 7.10. The number of hydrogen-bond acceptors (Lipinski definition) is 3. The van der Waals surface area contributed by atoms with E-state index in [1.165, 1.54) is 12.1 Å². The molecule has 1 saturated heterocycles. The van der Waals surface area contributed by atoms with Crippen molar-refractivity contribution in [3.63, 3.8) is 0 Å². The van der Waals surface area contributed by atoms with Crippen LogP contribution >= 0.6 is 0 Å². The Hall–Kier alpha value is -1.20. The molecular formula is C15H22F2N2O. The zero-order valence-electron chi connectivity index (χ0n) is 12.1. The Morgan fingerprint density at radius 2 is 1.80 bits per heavy atom. The summed E-state index contributed by atoms with van der Waals surface area (Å²) in [6.07, 6.45) is 1.82. The summed E-state index contributed by atoms with van der Waals surface area (Å²) in [6, 6.07) is 2.56. The molecule has 1 aromatic carbocycles. The lowest BCUT2D eigenvalue weighted by Crippen LogP contribution is -2.43. The maximum Gasteiger partial charge on any atom is 0.149 e. The number of anilines is 1. The van der Waals surface area contributed by atoms with Crippen LogP contribution in [0.4, 0.5) is 14.5 Å². The summed E-state index contributed by atoms with van der Waals surface area (Å²) in [7, 11) is 1.74. The number of aliphatic hydroxyl groups is 1. The highest BCUT2D eigenvalue weighted by molar-refractivity contribution is 5.51. The van der Waals surface area contributed by atoms with E-state index in [0.717, 1.165) is 32.5 Å². The van der Waals surface area contributed by atoms with Crippen LogP contribution in [0.25, 0.3) is 0 Å². The van der Waals surface area contributed by atoms with Crippen LogP contribution in [0, 0.1) is 11.6 Å². The first-order valence-electron chi connectivity index (χ1n) is 7.10. The van der Waals surface area contributed by atoms with Gasteiger partial charge in [0.05, 0.1) is 6.61 Å². The standard InChI is InChI=1S/C15H22F2N2O/c1-3-19-6-4-12(5-7-19)18(2)15-13(16)8-11(10-20)9-14(15)17/h8-9,12,20H,3-7,10H2,1-2H3. The van der Waals surface area contributed by atoms with E-state index in [1.807, 2.05) is 0 Å². The number of likely N-dealkylation sites (tertiary alicyclic amines) is 1. The summed E-state index contributed by atoms with van der Waals surface area (Å²) >= 11 is 0. The molecule has 1 fully saturated rings. The van der Waals surface area contributed by atoms with Gasteiger partial charge in [0.2, 0.25) is 0 Å². The summed E-state index contributed by atoms with van der Waals surface area (Å²) in [5.41, 5.74) is 0.273. The molecule has 5 heteroatoms. The average molecular weight is 284 g/mol. The van der Waals surface area contributed by atoms with Gasteiger partial charge < -0.3 is 14.9 Å². The maximum atomic E-state index is 14.0. The summed E-state index contributed by atoms with van der Waals surface area (Å²) in [5.74, 6) is -1.20. The number of aliphatic hydroxyl groups excluding tert-OH is 1. The fourth-order valence-corrected chi connectivity index (χ4v) is 2.85. The number of piperidine rings is 1. The molecule has 1 aliphatic rings. The highest BCUT2D eigenvalue weighted by Gasteiger charge is 2.25. The van der Waals surface area contributed by atoms with Crippen molar-refractivity contribution in [3.8, 4) is 0 Å². The molecule has 0 radical (unpaired) electrons. The molecule has 0 amide bonds. The summed E-state index contributed by atoms with van der Waals surface area (Å²) in [5, 5.41) is 8.97. The van der Waals surface area contributed by atoms with E-state index in [2.05, 4.69) is 11.8 Å². The van der Waals surface area contributed by atoms with E-state index < -0.39 is 11.6 Å². The quantitative estimate of drug-likeness (QED) is 0.919. The van der Waals surface area contributed by atoms with Gasteiger partial charge in [0.1, 0.15) is 17.3 Å². The molecule has 1 heterocycles. The lowest BCUT2D eigenvalue weighted by molar-refractivity contribution is 0.220. The largest absolute Gasteiger partial charge is 0.392 e. The first kappa shape index (κ1) is 15.2. The monoisotopic (exact) mass is 284 g/mol. The third-order valence-corrected chi connectivity index (χ3v) is 4.16. The van der Waals surface area contributed by atoms with Crippen molar-refractivity contribution < 1.29 is 13.9 Å². The van der Waals surface area contributed by atoms with E-state index in [1.54, 1.807) is 11.9 Å². The second kappa shape index (κ2) is 6.50. The molecule has 1 N–H and O–H groups in total. The van der Waals surface area contributed by atoms with Crippen LogP contribution in [-0.2, 0) is 6.61 Å². The van der Waals surface area contributed by atoms with Gasteiger partial charge in [-0.15, -0.1) is 0 Å².